The zero-order valence-corrected chi connectivity index (χ0v) is 17.2. The highest BCUT2D eigenvalue weighted by Gasteiger charge is 2.16. The third-order valence-corrected chi connectivity index (χ3v) is 4.53. The Morgan fingerprint density at radius 1 is 0.781 bits per heavy atom. The van der Waals surface area contributed by atoms with E-state index < -0.39 is 11.9 Å². The van der Waals surface area contributed by atoms with Crippen LogP contribution in [0.25, 0.3) is 11.3 Å². The van der Waals surface area contributed by atoms with Crippen molar-refractivity contribution in [3.63, 3.8) is 0 Å². The summed E-state index contributed by atoms with van der Waals surface area (Å²) in [5, 5.41) is 12.1. The molecule has 0 fully saturated rings. The standard InChI is InChI=1S/C24H20N4O4/c1-31-21-13-6-5-12-19(21)22-15-20(28-32-22)23(29)25-17-10-7-11-18(14-17)27-24(30)26-16-8-3-2-4-9-16/h2-15H,1H3,(H,25,29)(H2,26,27,30). The zero-order chi connectivity index (χ0) is 22.3. The van der Waals surface area contributed by atoms with E-state index in [1.165, 1.54) is 0 Å². The fourth-order valence-corrected chi connectivity index (χ4v) is 3.04. The average molecular weight is 428 g/mol. The van der Waals surface area contributed by atoms with Gasteiger partial charge in [-0.05, 0) is 42.5 Å². The van der Waals surface area contributed by atoms with Gasteiger partial charge in [0.1, 0.15) is 5.75 Å². The molecule has 0 atom stereocenters. The number of urea groups is 1. The van der Waals surface area contributed by atoms with E-state index in [0.29, 0.717) is 34.1 Å². The first-order valence-electron chi connectivity index (χ1n) is 9.77. The molecule has 3 amide bonds. The molecule has 0 aliphatic heterocycles. The molecule has 160 valence electrons. The lowest BCUT2D eigenvalue weighted by Gasteiger charge is -2.09. The van der Waals surface area contributed by atoms with E-state index >= 15 is 0 Å². The van der Waals surface area contributed by atoms with Gasteiger partial charge in [0.25, 0.3) is 5.91 Å². The molecule has 8 nitrogen and oxygen atoms in total. The number of rotatable bonds is 6. The van der Waals surface area contributed by atoms with Gasteiger partial charge in [-0.3, -0.25) is 4.79 Å². The Balaban J connectivity index is 1.42. The normalized spacial score (nSPS) is 10.3. The highest BCUT2D eigenvalue weighted by atomic mass is 16.5. The van der Waals surface area contributed by atoms with Crippen LogP contribution in [0, 0.1) is 0 Å². The van der Waals surface area contributed by atoms with Gasteiger partial charge in [0, 0.05) is 23.1 Å². The van der Waals surface area contributed by atoms with Crippen LogP contribution in [0.3, 0.4) is 0 Å². The van der Waals surface area contributed by atoms with Gasteiger partial charge < -0.3 is 25.2 Å². The molecule has 4 rings (SSSR count). The maximum atomic E-state index is 12.6. The molecule has 0 spiro atoms. The minimum atomic E-state index is -0.444. The first kappa shape index (κ1) is 20.7. The van der Waals surface area contributed by atoms with Gasteiger partial charge in [0.2, 0.25) is 0 Å². The minimum absolute atomic E-state index is 0.117. The number of hydrogen-bond donors (Lipinski definition) is 3. The van der Waals surface area contributed by atoms with E-state index in [4.69, 9.17) is 9.26 Å². The van der Waals surface area contributed by atoms with Gasteiger partial charge in [-0.15, -0.1) is 0 Å². The number of benzene rings is 3. The summed E-state index contributed by atoms with van der Waals surface area (Å²) >= 11 is 0. The molecular weight excluding hydrogens is 408 g/mol. The molecule has 0 bridgehead atoms. The largest absolute Gasteiger partial charge is 0.496 e. The van der Waals surface area contributed by atoms with Crippen LogP contribution >= 0.6 is 0 Å². The predicted molar refractivity (Wildman–Crippen MR) is 122 cm³/mol. The van der Waals surface area contributed by atoms with Crippen LogP contribution in [-0.2, 0) is 0 Å². The third kappa shape index (κ3) is 4.93. The SMILES string of the molecule is COc1ccccc1-c1cc(C(=O)Nc2cccc(NC(=O)Nc3ccccc3)c2)no1. The smallest absolute Gasteiger partial charge is 0.323 e. The van der Waals surface area contributed by atoms with Crippen LogP contribution in [0.1, 0.15) is 10.5 Å². The van der Waals surface area contributed by atoms with Crippen LogP contribution < -0.4 is 20.7 Å². The lowest BCUT2D eigenvalue weighted by atomic mass is 10.1. The predicted octanol–water partition coefficient (Wildman–Crippen LogP) is 5.25. The number of ether oxygens (including phenoxy) is 1. The van der Waals surface area contributed by atoms with Gasteiger partial charge in [-0.2, -0.15) is 0 Å². The molecule has 0 radical (unpaired) electrons. The van der Waals surface area contributed by atoms with Gasteiger partial charge in [-0.25, -0.2) is 4.79 Å². The van der Waals surface area contributed by atoms with Crippen LogP contribution in [0.5, 0.6) is 5.75 Å². The molecule has 0 unspecified atom stereocenters. The zero-order valence-electron chi connectivity index (χ0n) is 17.2. The molecule has 32 heavy (non-hydrogen) atoms. The Hall–Kier alpha value is -4.59. The summed E-state index contributed by atoms with van der Waals surface area (Å²) in [6, 6.07) is 24.3. The molecule has 3 N–H and O–H groups in total. The van der Waals surface area contributed by atoms with Crippen molar-refractivity contribution in [1.29, 1.82) is 0 Å². The monoisotopic (exact) mass is 428 g/mol. The van der Waals surface area contributed by atoms with Crippen molar-refractivity contribution in [2.75, 3.05) is 23.1 Å². The first-order valence-corrected chi connectivity index (χ1v) is 9.77. The Kier molecular flexibility index (Phi) is 6.12. The summed E-state index contributed by atoms with van der Waals surface area (Å²) in [4.78, 5) is 24.8. The van der Waals surface area contributed by atoms with Gasteiger partial charge in [0.05, 0.1) is 12.7 Å². The summed E-state index contributed by atoms with van der Waals surface area (Å²) in [5.41, 5.74) is 2.50. The Labute approximate surface area is 184 Å². The molecule has 8 heteroatoms. The van der Waals surface area contributed by atoms with Crippen LogP contribution in [-0.4, -0.2) is 24.2 Å². The Morgan fingerprint density at radius 2 is 1.44 bits per heavy atom. The van der Waals surface area contributed by atoms with E-state index in [2.05, 4.69) is 21.1 Å². The molecule has 0 aliphatic rings. The Morgan fingerprint density at radius 3 is 2.22 bits per heavy atom. The summed E-state index contributed by atoms with van der Waals surface area (Å²) in [6.07, 6.45) is 0. The summed E-state index contributed by atoms with van der Waals surface area (Å²) in [6.45, 7) is 0. The van der Waals surface area contributed by atoms with Crippen molar-refractivity contribution >= 4 is 29.0 Å². The minimum Gasteiger partial charge on any atom is -0.496 e. The highest BCUT2D eigenvalue weighted by molar-refractivity contribution is 6.04. The number of nitrogens with one attached hydrogen (secondary N) is 3. The molecular formula is C24H20N4O4. The second kappa shape index (κ2) is 9.48. The molecule has 4 aromatic rings. The number of methoxy groups -OCH3 is 1. The number of amides is 3. The van der Waals surface area contributed by atoms with E-state index in [9.17, 15) is 9.59 Å². The van der Waals surface area contributed by atoms with Crippen molar-refractivity contribution in [2.24, 2.45) is 0 Å². The number of carbonyl (C=O) groups is 2. The molecule has 0 aliphatic carbocycles. The van der Waals surface area contributed by atoms with Crippen LogP contribution in [0.4, 0.5) is 21.9 Å². The number of hydrogen-bond acceptors (Lipinski definition) is 5. The van der Waals surface area contributed by atoms with Gasteiger partial charge in [0.15, 0.2) is 11.5 Å². The quantitative estimate of drug-likeness (QED) is 0.389. The second-order valence-corrected chi connectivity index (χ2v) is 6.76. The third-order valence-electron chi connectivity index (χ3n) is 4.53. The van der Waals surface area contributed by atoms with E-state index in [1.807, 2.05) is 36.4 Å². The fourth-order valence-electron chi connectivity index (χ4n) is 3.04. The highest BCUT2D eigenvalue weighted by Crippen LogP contribution is 2.30. The molecule has 1 aromatic heterocycles. The van der Waals surface area contributed by atoms with Gasteiger partial charge >= 0.3 is 6.03 Å². The fraction of sp³-hybridized carbons (Fsp3) is 0.0417. The number of aromatic nitrogens is 1. The van der Waals surface area contributed by atoms with Crippen LogP contribution in [0.15, 0.2) is 89.5 Å². The van der Waals surface area contributed by atoms with Crippen molar-refractivity contribution in [1.82, 2.24) is 5.16 Å². The van der Waals surface area contributed by atoms with Crippen molar-refractivity contribution < 1.29 is 18.8 Å². The van der Waals surface area contributed by atoms with E-state index in [1.54, 1.807) is 55.6 Å². The van der Waals surface area contributed by atoms with Crippen LogP contribution in [0.2, 0.25) is 0 Å². The van der Waals surface area contributed by atoms with E-state index in [-0.39, 0.29) is 5.69 Å². The van der Waals surface area contributed by atoms with Gasteiger partial charge in [-0.1, -0.05) is 41.6 Å². The molecule has 0 saturated heterocycles. The molecule has 1 heterocycles. The summed E-state index contributed by atoms with van der Waals surface area (Å²) in [5.74, 6) is 0.588. The molecule has 0 saturated carbocycles. The maximum absolute atomic E-state index is 12.6. The first-order chi connectivity index (χ1) is 15.6. The number of anilines is 3. The van der Waals surface area contributed by atoms with Crippen molar-refractivity contribution in [3.05, 3.63) is 90.6 Å². The summed E-state index contributed by atoms with van der Waals surface area (Å²) in [7, 11) is 1.56. The maximum Gasteiger partial charge on any atom is 0.323 e. The molecule has 3 aromatic carbocycles. The Bertz CT molecular complexity index is 1240. The summed E-state index contributed by atoms with van der Waals surface area (Å²) < 4.78 is 10.6. The lowest BCUT2D eigenvalue weighted by Crippen LogP contribution is -2.19. The number of para-hydroxylation sites is 2. The van der Waals surface area contributed by atoms with Crippen molar-refractivity contribution in [2.45, 2.75) is 0 Å². The average Bonchev–Trinajstić information content (AvgIpc) is 3.30. The second-order valence-electron chi connectivity index (χ2n) is 6.76. The topological polar surface area (TPSA) is 105 Å². The van der Waals surface area contributed by atoms with E-state index in [0.717, 1.165) is 0 Å². The van der Waals surface area contributed by atoms with Crippen molar-refractivity contribution in [3.8, 4) is 17.1 Å². The number of carbonyl (C=O) groups excluding carboxylic acids is 2. The number of nitrogens with zero attached hydrogens (tertiary/aromatic N) is 1. The lowest BCUT2D eigenvalue weighted by molar-refractivity contribution is 0.101.